The van der Waals surface area contributed by atoms with Gasteiger partial charge in [0.05, 0.1) is 24.8 Å². The molecule has 2 heterocycles. The highest BCUT2D eigenvalue weighted by Gasteiger charge is 2.48. The Morgan fingerprint density at radius 2 is 1.82 bits per heavy atom. The smallest absolute Gasteiger partial charge is 0.301 e. The van der Waals surface area contributed by atoms with Crippen molar-refractivity contribution in [3.63, 3.8) is 0 Å². The lowest BCUT2D eigenvalue weighted by Crippen LogP contribution is -2.29. The molecule has 3 aromatic carbocycles. The van der Waals surface area contributed by atoms with E-state index in [-0.39, 0.29) is 16.3 Å². The molecule has 5 rings (SSSR count). The molecular formula is C33H31ClFN3O5S2. The third-order valence-corrected chi connectivity index (χ3v) is 9.48. The fourth-order valence-electron chi connectivity index (χ4n) is 4.71. The number of aromatic nitrogens is 2. The van der Waals surface area contributed by atoms with Crippen LogP contribution >= 0.6 is 34.7 Å². The lowest BCUT2D eigenvalue weighted by atomic mass is 9.95. The average molecular weight is 668 g/mol. The van der Waals surface area contributed by atoms with Crippen LogP contribution in [0.4, 0.5) is 9.52 Å². The number of ether oxygens (including phenoxy) is 2. The van der Waals surface area contributed by atoms with Crippen LogP contribution in [0, 0.1) is 11.7 Å². The van der Waals surface area contributed by atoms with E-state index in [2.05, 4.69) is 24.0 Å². The summed E-state index contributed by atoms with van der Waals surface area (Å²) in [5, 5.41) is 20.7. The Morgan fingerprint density at radius 1 is 1.07 bits per heavy atom. The van der Waals surface area contributed by atoms with E-state index >= 15 is 0 Å². The molecule has 1 N–H and O–H groups in total. The minimum absolute atomic E-state index is 0.164. The summed E-state index contributed by atoms with van der Waals surface area (Å²) in [4.78, 5) is 28.5. The Bertz CT molecular complexity index is 1730. The van der Waals surface area contributed by atoms with Gasteiger partial charge in [-0.05, 0) is 72.9 Å². The predicted octanol–water partition coefficient (Wildman–Crippen LogP) is 8.07. The number of thioether (sulfide) groups is 1. The Kier molecular flexibility index (Phi) is 10.4. The third kappa shape index (κ3) is 7.32. The lowest BCUT2D eigenvalue weighted by Gasteiger charge is -2.23. The number of aliphatic hydroxyl groups excluding tert-OH is 1. The second-order valence-electron chi connectivity index (χ2n) is 10.6. The first-order chi connectivity index (χ1) is 21.7. The highest BCUT2D eigenvalue weighted by atomic mass is 35.5. The van der Waals surface area contributed by atoms with Gasteiger partial charge in [-0.15, -0.1) is 10.2 Å². The quantitative estimate of drug-likeness (QED) is 0.0532. The number of amides is 1. The summed E-state index contributed by atoms with van der Waals surface area (Å²) in [7, 11) is 0. The molecule has 234 valence electrons. The van der Waals surface area contributed by atoms with Crippen LogP contribution in [-0.2, 0) is 15.3 Å². The summed E-state index contributed by atoms with van der Waals surface area (Å²) in [5.41, 5.74) is 1.42. The van der Waals surface area contributed by atoms with Crippen LogP contribution in [0.2, 0.25) is 5.02 Å². The lowest BCUT2D eigenvalue weighted by molar-refractivity contribution is -0.132. The zero-order valence-corrected chi connectivity index (χ0v) is 27.2. The van der Waals surface area contributed by atoms with Crippen molar-refractivity contribution in [2.75, 3.05) is 18.1 Å². The molecule has 1 aliphatic rings. The Hall–Kier alpha value is -3.93. The molecule has 8 nitrogen and oxygen atoms in total. The fraction of sp³-hybridized carbons (Fsp3) is 0.273. The Morgan fingerprint density at radius 3 is 2.53 bits per heavy atom. The van der Waals surface area contributed by atoms with E-state index in [0.29, 0.717) is 51.3 Å². The summed E-state index contributed by atoms with van der Waals surface area (Å²) in [6.45, 7) is 6.89. The summed E-state index contributed by atoms with van der Waals surface area (Å²) < 4.78 is 26.2. The maximum Gasteiger partial charge on any atom is 0.301 e. The van der Waals surface area contributed by atoms with Gasteiger partial charge in [0.1, 0.15) is 11.6 Å². The zero-order valence-electron chi connectivity index (χ0n) is 24.8. The minimum atomic E-state index is -1.08. The molecule has 1 atom stereocenters. The number of Topliss-reactive ketones (excluding diaryl/α,β-unsaturated/α-hetero) is 1. The normalized spacial score (nSPS) is 16.0. The monoisotopic (exact) mass is 667 g/mol. The summed E-state index contributed by atoms with van der Waals surface area (Å²) in [6.07, 6.45) is 0.846. The summed E-state index contributed by atoms with van der Waals surface area (Å²) in [6, 6.07) is 16.6. The van der Waals surface area contributed by atoms with Crippen LogP contribution in [0.5, 0.6) is 11.5 Å². The maximum absolute atomic E-state index is 13.7. The predicted molar refractivity (Wildman–Crippen MR) is 175 cm³/mol. The molecule has 4 aromatic rings. The Balaban J connectivity index is 1.56. The van der Waals surface area contributed by atoms with E-state index in [1.807, 2.05) is 25.1 Å². The zero-order chi connectivity index (χ0) is 32.1. The maximum atomic E-state index is 13.7. The van der Waals surface area contributed by atoms with E-state index in [0.717, 1.165) is 23.3 Å². The number of benzene rings is 3. The minimum Gasteiger partial charge on any atom is -0.507 e. The molecule has 0 saturated carbocycles. The SMILES string of the molecule is CCOc1cc(C2/C(=C(\O)c3ccc(F)cc3)C(=O)C(=O)N2c2nnc(SCc3ccccc3Cl)s2)ccc1OCCC(C)C. The molecule has 1 aliphatic heterocycles. The number of ketones is 1. The van der Waals surface area contributed by atoms with Crippen LogP contribution in [0.3, 0.4) is 0 Å². The van der Waals surface area contributed by atoms with Crippen molar-refractivity contribution in [2.45, 2.75) is 43.3 Å². The molecule has 0 aliphatic carbocycles. The molecule has 1 saturated heterocycles. The van der Waals surface area contributed by atoms with Crippen LogP contribution in [0.25, 0.3) is 5.76 Å². The van der Waals surface area contributed by atoms with Crippen molar-refractivity contribution in [3.8, 4) is 11.5 Å². The summed E-state index contributed by atoms with van der Waals surface area (Å²) in [5.74, 6) is -0.800. The van der Waals surface area contributed by atoms with Crippen LogP contribution in [0.1, 0.15) is 49.9 Å². The number of carbonyl (C=O) groups excluding carboxylic acids is 2. The third-order valence-electron chi connectivity index (χ3n) is 7.01. The van der Waals surface area contributed by atoms with Gasteiger partial charge in [-0.25, -0.2) is 4.39 Å². The molecule has 0 spiro atoms. The number of hydrogen-bond donors (Lipinski definition) is 1. The molecule has 1 unspecified atom stereocenters. The Labute approximate surface area is 273 Å². The largest absolute Gasteiger partial charge is 0.507 e. The molecule has 1 amide bonds. The number of halogens is 2. The number of rotatable bonds is 12. The molecule has 1 fully saturated rings. The molecule has 1 aromatic heterocycles. The van der Waals surface area contributed by atoms with Gasteiger partial charge >= 0.3 is 5.91 Å². The van der Waals surface area contributed by atoms with Crippen molar-refractivity contribution < 1.29 is 28.6 Å². The number of anilines is 1. The first-order valence-corrected chi connectivity index (χ1v) is 16.5. The first kappa shape index (κ1) is 32.5. The highest BCUT2D eigenvalue weighted by molar-refractivity contribution is 8.00. The number of nitrogens with zero attached hydrogens (tertiary/aromatic N) is 3. The topological polar surface area (TPSA) is 102 Å². The van der Waals surface area contributed by atoms with Crippen molar-refractivity contribution in [2.24, 2.45) is 5.92 Å². The van der Waals surface area contributed by atoms with Crippen LogP contribution < -0.4 is 14.4 Å². The number of hydrogen-bond acceptors (Lipinski definition) is 9. The van der Waals surface area contributed by atoms with Crippen molar-refractivity contribution in [1.82, 2.24) is 10.2 Å². The second-order valence-corrected chi connectivity index (χ2v) is 13.2. The van der Waals surface area contributed by atoms with Gasteiger partial charge in [0.2, 0.25) is 5.13 Å². The first-order valence-electron chi connectivity index (χ1n) is 14.3. The van der Waals surface area contributed by atoms with Crippen LogP contribution in [0.15, 0.2) is 76.6 Å². The average Bonchev–Trinajstić information content (AvgIpc) is 3.59. The van der Waals surface area contributed by atoms with Crippen LogP contribution in [-0.4, -0.2) is 40.2 Å². The second kappa shape index (κ2) is 14.4. The van der Waals surface area contributed by atoms with Gasteiger partial charge in [-0.2, -0.15) is 0 Å². The van der Waals surface area contributed by atoms with Crippen molar-refractivity contribution in [1.29, 1.82) is 0 Å². The fourth-order valence-corrected chi connectivity index (χ4v) is 6.86. The molecule has 0 bridgehead atoms. The van der Waals surface area contributed by atoms with Gasteiger partial charge in [-0.1, -0.05) is 72.8 Å². The van der Waals surface area contributed by atoms with Gasteiger partial charge < -0.3 is 14.6 Å². The molecule has 12 heteroatoms. The highest BCUT2D eigenvalue weighted by Crippen LogP contribution is 2.46. The standard InChI is InChI=1S/C33H31ClFN3O5S2/c1-4-42-26-17-21(11-14-25(26)43-16-15-19(2)3)28-27(29(39)20-9-12-23(35)13-10-20)30(40)31(41)38(28)32-36-37-33(45-32)44-18-22-7-5-6-8-24(22)34/h5-14,17,19,28,39H,4,15-16,18H2,1-3H3/b29-27+. The van der Waals surface area contributed by atoms with E-state index in [4.69, 9.17) is 21.1 Å². The van der Waals surface area contributed by atoms with E-state index in [1.165, 1.54) is 40.9 Å². The van der Waals surface area contributed by atoms with E-state index < -0.39 is 29.3 Å². The summed E-state index contributed by atoms with van der Waals surface area (Å²) >= 11 is 8.85. The van der Waals surface area contributed by atoms with Gasteiger partial charge in [0.15, 0.2) is 15.8 Å². The number of carbonyl (C=O) groups is 2. The van der Waals surface area contributed by atoms with Gasteiger partial charge in [0.25, 0.3) is 5.78 Å². The van der Waals surface area contributed by atoms with Crippen molar-refractivity contribution in [3.05, 3.63) is 99.8 Å². The van der Waals surface area contributed by atoms with E-state index in [9.17, 15) is 19.1 Å². The molecule has 45 heavy (non-hydrogen) atoms. The van der Waals surface area contributed by atoms with E-state index in [1.54, 1.807) is 24.3 Å². The van der Waals surface area contributed by atoms with Gasteiger partial charge in [-0.3, -0.25) is 14.5 Å². The number of aliphatic hydroxyl groups is 1. The van der Waals surface area contributed by atoms with Gasteiger partial charge in [0, 0.05) is 16.3 Å². The molecule has 0 radical (unpaired) electrons. The molecular weight excluding hydrogens is 637 g/mol. The van der Waals surface area contributed by atoms with Crippen molar-refractivity contribution >= 4 is 57.3 Å².